The zero-order chi connectivity index (χ0) is 18.8. The third-order valence-corrected chi connectivity index (χ3v) is 5.69. The number of quaternary nitrogens is 1. The number of rotatable bonds is 5. The van der Waals surface area contributed by atoms with Gasteiger partial charge < -0.3 is 14.4 Å². The molecule has 0 amide bonds. The van der Waals surface area contributed by atoms with Crippen molar-refractivity contribution in [1.82, 2.24) is 0 Å². The van der Waals surface area contributed by atoms with Crippen molar-refractivity contribution in [1.29, 1.82) is 0 Å². The van der Waals surface area contributed by atoms with Crippen molar-refractivity contribution in [3.05, 3.63) is 87.6 Å². The van der Waals surface area contributed by atoms with Gasteiger partial charge in [0.15, 0.2) is 0 Å². The summed E-state index contributed by atoms with van der Waals surface area (Å²) in [6.45, 7) is 0.915. The minimum atomic E-state index is 0.174. The van der Waals surface area contributed by atoms with E-state index in [9.17, 15) is 0 Å². The number of ether oxygens (including phenoxy) is 2. The summed E-state index contributed by atoms with van der Waals surface area (Å²) < 4.78 is 11.8. The molecule has 4 heteroatoms. The highest BCUT2D eigenvalue weighted by atomic mass is 32.1. The van der Waals surface area contributed by atoms with Crippen molar-refractivity contribution in [2.45, 2.75) is 5.92 Å². The second-order valence-electron chi connectivity index (χ2n) is 7.06. The van der Waals surface area contributed by atoms with Gasteiger partial charge in [-0.2, -0.15) is 0 Å². The molecule has 27 heavy (non-hydrogen) atoms. The molecular weight excluding hydrogens is 354 g/mol. The van der Waals surface area contributed by atoms with Crippen LogP contribution in [0.3, 0.4) is 0 Å². The lowest BCUT2D eigenvalue weighted by Gasteiger charge is -2.31. The SMILES string of the molecule is COc1ccc(C2C(C[NH+](C)C)=C(c3cccs3)Oc3ccccc32)cc1. The Balaban J connectivity index is 1.91. The average Bonchev–Trinajstić information content (AvgIpc) is 3.22. The highest BCUT2D eigenvalue weighted by molar-refractivity contribution is 7.11. The molecule has 1 atom stereocenters. The Hall–Kier alpha value is -2.56. The molecule has 4 rings (SSSR count). The normalized spacial score (nSPS) is 16.2. The summed E-state index contributed by atoms with van der Waals surface area (Å²) in [6, 6.07) is 21.0. The summed E-state index contributed by atoms with van der Waals surface area (Å²) >= 11 is 1.73. The van der Waals surface area contributed by atoms with Gasteiger partial charge in [0.1, 0.15) is 23.8 Å². The molecular formula is C23H24NO2S+. The van der Waals surface area contributed by atoms with E-state index in [4.69, 9.17) is 9.47 Å². The van der Waals surface area contributed by atoms with Crippen LogP contribution < -0.4 is 14.4 Å². The zero-order valence-electron chi connectivity index (χ0n) is 15.9. The fraction of sp³-hybridized carbons (Fsp3) is 0.217. The van der Waals surface area contributed by atoms with E-state index in [2.05, 4.69) is 61.9 Å². The van der Waals surface area contributed by atoms with Crippen LogP contribution in [-0.2, 0) is 0 Å². The lowest BCUT2D eigenvalue weighted by atomic mass is 9.81. The smallest absolute Gasteiger partial charge is 0.150 e. The van der Waals surface area contributed by atoms with Gasteiger partial charge in [-0.15, -0.1) is 11.3 Å². The largest absolute Gasteiger partial charge is 0.497 e. The van der Waals surface area contributed by atoms with Crippen molar-refractivity contribution < 1.29 is 14.4 Å². The molecule has 1 N–H and O–H groups in total. The van der Waals surface area contributed by atoms with Crippen molar-refractivity contribution in [3.63, 3.8) is 0 Å². The van der Waals surface area contributed by atoms with E-state index in [1.54, 1.807) is 18.4 Å². The predicted molar refractivity (Wildman–Crippen MR) is 111 cm³/mol. The fourth-order valence-corrected chi connectivity index (χ4v) is 4.40. The van der Waals surface area contributed by atoms with Crippen molar-refractivity contribution in [2.24, 2.45) is 0 Å². The van der Waals surface area contributed by atoms with Crippen LogP contribution in [0.1, 0.15) is 21.9 Å². The fourth-order valence-electron chi connectivity index (χ4n) is 3.66. The predicted octanol–water partition coefficient (Wildman–Crippen LogP) is 3.84. The maximum atomic E-state index is 6.44. The van der Waals surface area contributed by atoms with Crippen molar-refractivity contribution >= 4 is 17.1 Å². The van der Waals surface area contributed by atoms with Gasteiger partial charge in [0.05, 0.1) is 26.1 Å². The van der Waals surface area contributed by atoms with Gasteiger partial charge in [-0.25, -0.2) is 0 Å². The number of methoxy groups -OCH3 is 1. The van der Waals surface area contributed by atoms with Gasteiger partial charge in [-0.1, -0.05) is 36.4 Å². The molecule has 0 saturated carbocycles. The summed E-state index contributed by atoms with van der Waals surface area (Å²) in [7, 11) is 6.07. The second kappa shape index (κ2) is 7.59. The molecule has 1 aliphatic rings. The summed E-state index contributed by atoms with van der Waals surface area (Å²) in [6.07, 6.45) is 0. The highest BCUT2D eigenvalue weighted by Gasteiger charge is 2.33. The van der Waals surface area contributed by atoms with Crippen LogP contribution in [0.5, 0.6) is 11.5 Å². The van der Waals surface area contributed by atoms with Crippen molar-refractivity contribution in [3.8, 4) is 11.5 Å². The molecule has 2 aromatic carbocycles. The molecule has 0 spiro atoms. The summed E-state index contributed by atoms with van der Waals surface area (Å²) in [4.78, 5) is 2.56. The second-order valence-corrected chi connectivity index (χ2v) is 8.01. The summed E-state index contributed by atoms with van der Waals surface area (Å²) in [5, 5.41) is 2.11. The molecule has 2 heterocycles. The van der Waals surface area contributed by atoms with Crippen LogP contribution >= 0.6 is 11.3 Å². The summed E-state index contributed by atoms with van der Waals surface area (Å²) in [5.74, 6) is 3.00. The molecule has 138 valence electrons. The molecule has 1 aliphatic heterocycles. The Morgan fingerprint density at radius 1 is 1.00 bits per heavy atom. The topological polar surface area (TPSA) is 22.9 Å². The van der Waals surface area contributed by atoms with E-state index in [-0.39, 0.29) is 5.92 Å². The molecule has 0 radical (unpaired) electrons. The molecule has 0 saturated heterocycles. The first-order valence-corrected chi connectivity index (χ1v) is 10.0. The van der Waals surface area contributed by atoms with Crippen LogP contribution in [0.4, 0.5) is 0 Å². The molecule has 0 bridgehead atoms. The number of hydrogen-bond donors (Lipinski definition) is 1. The Bertz CT molecular complexity index is 943. The standard InChI is InChI=1S/C23H23NO2S/c1-24(2)15-19-22(16-10-12-17(25-3)13-11-16)18-7-4-5-8-20(18)26-23(19)21-9-6-14-27-21/h4-14,22H,15H2,1-3H3/p+1. The van der Waals surface area contributed by atoms with E-state index >= 15 is 0 Å². The van der Waals surface area contributed by atoms with E-state index in [1.165, 1.54) is 26.5 Å². The molecule has 3 aromatic rings. The van der Waals surface area contributed by atoms with Gasteiger partial charge in [0, 0.05) is 17.1 Å². The van der Waals surface area contributed by atoms with E-state index in [0.29, 0.717) is 0 Å². The van der Waals surface area contributed by atoms with Crippen LogP contribution in [0.15, 0.2) is 71.6 Å². The number of benzene rings is 2. The first-order chi connectivity index (χ1) is 13.2. The molecule has 0 fully saturated rings. The quantitative estimate of drug-likeness (QED) is 0.729. The molecule has 1 unspecified atom stereocenters. The van der Waals surface area contributed by atoms with E-state index in [1.807, 2.05) is 18.2 Å². The molecule has 3 nitrogen and oxygen atoms in total. The van der Waals surface area contributed by atoms with Gasteiger partial charge >= 0.3 is 0 Å². The first-order valence-electron chi connectivity index (χ1n) is 9.14. The number of para-hydroxylation sites is 1. The van der Waals surface area contributed by atoms with Gasteiger partial charge in [0.2, 0.25) is 0 Å². The third-order valence-electron chi connectivity index (χ3n) is 4.82. The van der Waals surface area contributed by atoms with Crippen LogP contribution in [0.25, 0.3) is 5.76 Å². The average molecular weight is 379 g/mol. The lowest BCUT2D eigenvalue weighted by Crippen LogP contribution is -3.06. The van der Waals surface area contributed by atoms with E-state index in [0.717, 1.165) is 23.8 Å². The van der Waals surface area contributed by atoms with Gasteiger partial charge in [0.25, 0.3) is 0 Å². The van der Waals surface area contributed by atoms with Gasteiger partial charge in [-0.05, 0) is 35.2 Å². The van der Waals surface area contributed by atoms with E-state index < -0.39 is 0 Å². The van der Waals surface area contributed by atoms with Gasteiger partial charge in [-0.3, -0.25) is 0 Å². The number of thiophene rings is 1. The maximum Gasteiger partial charge on any atom is 0.150 e. The number of fused-ring (bicyclic) bond motifs is 1. The van der Waals surface area contributed by atoms with Crippen LogP contribution in [0.2, 0.25) is 0 Å². The molecule has 0 aliphatic carbocycles. The van der Waals surface area contributed by atoms with Crippen LogP contribution in [-0.4, -0.2) is 27.7 Å². The van der Waals surface area contributed by atoms with Crippen molar-refractivity contribution in [2.75, 3.05) is 27.7 Å². The number of hydrogen-bond acceptors (Lipinski definition) is 3. The first kappa shape index (κ1) is 17.8. The minimum Gasteiger partial charge on any atom is -0.497 e. The minimum absolute atomic E-state index is 0.174. The maximum absolute atomic E-state index is 6.44. The van der Waals surface area contributed by atoms with Crippen LogP contribution in [0, 0.1) is 0 Å². The number of nitrogens with one attached hydrogen (secondary N) is 1. The highest BCUT2D eigenvalue weighted by Crippen LogP contribution is 2.46. The molecule has 1 aromatic heterocycles. The Labute approximate surface area is 164 Å². The Kier molecular flexibility index (Phi) is 5.01. The third kappa shape index (κ3) is 3.51. The lowest BCUT2D eigenvalue weighted by molar-refractivity contribution is -0.853. The monoisotopic (exact) mass is 378 g/mol. The summed E-state index contributed by atoms with van der Waals surface area (Å²) in [5.41, 5.74) is 3.80. The Morgan fingerprint density at radius 3 is 2.44 bits per heavy atom. The Morgan fingerprint density at radius 2 is 1.78 bits per heavy atom. The zero-order valence-corrected chi connectivity index (χ0v) is 16.7. The number of likely N-dealkylation sites (N-methyl/N-ethyl adjacent to an activating group) is 1.